The summed E-state index contributed by atoms with van der Waals surface area (Å²) in [5, 5.41) is 1.72. The number of carbonyl (C=O) groups is 1. The molecular formula is C18H18FN3O3S3. The monoisotopic (exact) mass is 439 g/mol. The van der Waals surface area contributed by atoms with Crippen LogP contribution in [0.2, 0.25) is 0 Å². The highest BCUT2D eigenvalue weighted by molar-refractivity contribution is 7.91. The van der Waals surface area contributed by atoms with Crippen LogP contribution < -0.4 is 4.80 Å². The number of thiophene rings is 1. The smallest absolute Gasteiger partial charge is 0.252 e. The minimum Gasteiger partial charge on any atom is -0.319 e. The Labute approximate surface area is 169 Å². The molecule has 1 aliphatic rings. The molecule has 3 heterocycles. The molecule has 1 aromatic carbocycles. The Balaban J connectivity index is 1.60. The highest BCUT2D eigenvalue weighted by Gasteiger charge is 2.33. The van der Waals surface area contributed by atoms with E-state index in [1.807, 2.05) is 0 Å². The van der Waals surface area contributed by atoms with Gasteiger partial charge in [-0.05, 0) is 42.5 Å². The van der Waals surface area contributed by atoms with E-state index in [0.717, 1.165) is 5.52 Å². The molecule has 1 atom stereocenters. The highest BCUT2D eigenvalue weighted by atomic mass is 32.2. The molecule has 0 spiro atoms. The number of amides is 1. The van der Waals surface area contributed by atoms with E-state index in [0.29, 0.717) is 28.9 Å². The zero-order valence-electron chi connectivity index (χ0n) is 15.0. The van der Waals surface area contributed by atoms with Crippen LogP contribution in [0.5, 0.6) is 0 Å². The predicted molar refractivity (Wildman–Crippen MR) is 107 cm³/mol. The van der Waals surface area contributed by atoms with Gasteiger partial charge in [0.15, 0.2) is 4.80 Å². The number of rotatable bonds is 3. The van der Waals surface area contributed by atoms with E-state index < -0.39 is 15.9 Å². The molecule has 1 aliphatic heterocycles. The van der Waals surface area contributed by atoms with Crippen LogP contribution in [0.1, 0.15) is 12.8 Å². The first-order valence-corrected chi connectivity index (χ1v) is 11.9. The van der Waals surface area contributed by atoms with Crippen molar-refractivity contribution in [3.05, 3.63) is 46.3 Å². The first kappa shape index (κ1) is 19.4. The van der Waals surface area contributed by atoms with Gasteiger partial charge in [-0.15, -0.1) is 11.3 Å². The summed E-state index contributed by atoms with van der Waals surface area (Å²) >= 11 is 2.41. The first-order chi connectivity index (χ1) is 13.4. The van der Waals surface area contributed by atoms with Crippen LogP contribution in [0.25, 0.3) is 10.2 Å². The molecule has 10 heteroatoms. The number of benzene rings is 1. The average Bonchev–Trinajstić information content (AvgIpc) is 3.31. The van der Waals surface area contributed by atoms with E-state index in [1.165, 1.54) is 39.1 Å². The molecule has 1 amide bonds. The molecule has 28 heavy (non-hydrogen) atoms. The maximum Gasteiger partial charge on any atom is 0.252 e. The van der Waals surface area contributed by atoms with Gasteiger partial charge >= 0.3 is 0 Å². The lowest BCUT2D eigenvalue weighted by atomic mass is 9.99. The molecule has 1 saturated heterocycles. The third kappa shape index (κ3) is 3.57. The number of thiazole rings is 1. The maximum absolute atomic E-state index is 13.4. The number of hydrogen-bond donors (Lipinski definition) is 0. The number of carbonyl (C=O) groups excluding carboxylic acids is 1. The van der Waals surface area contributed by atoms with Crippen LogP contribution in [-0.4, -0.2) is 36.3 Å². The van der Waals surface area contributed by atoms with E-state index in [-0.39, 0.29) is 22.5 Å². The molecule has 2 aromatic heterocycles. The third-order valence-electron chi connectivity index (χ3n) is 4.80. The number of nitrogens with zero attached hydrogens (tertiary/aromatic N) is 3. The molecule has 0 radical (unpaired) electrons. The normalized spacial score (nSPS) is 19.4. The minimum absolute atomic E-state index is 0.131. The Morgan fingerprint density at radius 3 is 2.89 bits per heavy atom. The second-order valence-electron chi connectivity index (χ2n) is 6.64. The predicted octanol–water partition coefficient (Wildman–Crippen LogP) is 2.97. The summed E-state index contributed by atoms with van der Waals surface area (Å²) in [6.45, 7) is 0.533. The van der Waals surface area contributed by atoms with Gasteiger partial charge in [-0.25, -0.2) is 12.8 Å². The Kier molecular flexibility index (Phi) is 5.21. The lowest BCUT2D eigenvalue weighted by Gasteiger charge is -2.29. The van der Waals surface area contributed by atoms with Gasteiger partial charge in [-0.2, -0.15) is 9.30 Å². The van der Waals surface area contributed by atoms with Gasteiger partial charge in [0, 0.05) is 20.1 Å². The quantitative estimate of drug-likeness (QED) is 0.630. The fourth-order valence-electron chi connectivity index (χ4n) is 3.30. The van der Waals surface area contributed by atoms with E-state index in [1.54, 1.807) is 35.2 Å². The van der Waals surface area contributed by atoms with Gasteiger partial charge in [-0.3, -0.25) is 4.79 Å². The van der Waals surface area contributed by atoms with Crippen molar-refractivity contribution in [2.45, 2.75) is 17.1 Å². The highest BCUT2D eigenvalue weighted by Crippen LogP contribution is 2.27. The second-order valence-corrected chi connectivity index (χ2v) is 10.8. The number of aryl methyl sites for hydroxylation is 1. The van der Waals surface area contributed by atoms with Crippen molar-refractivity contribution >= 4 is 48.8 Å². The van der Waals surface area contributed by atoms with Crippen LogP contribution in [0.4, 0.5) is 4.39 Å². The van der Waals surface area contributed by atoms with Gasteiger partial charge in [-0.1, -0.05) is 17.4 Å². The molecule has 0 saturated carbocycles. The number of hydrogen-bond acceptors (Lipinski definition) is 5. The number of halogens is 1. The molecule has 1 fully saturated rings. The summed E-state index contributed by atoms with van der Waals surface area (Å²) in [7, 11) is -1.80. The van der Waals surface area contributed by atoms with E-state index >= 15 is 0 Å². The fraction of sp³-hybridized carbons (Fsp3) is 0.333. The van der Waals surface area contributed by atoms with Crippen LogP contribution in [0.15, 0.2) is 44.9 Å². The molecule has 4 rings (SSSR count). The van der Waals surface area contributed by atoms with Crippen molar-refractivity contribution in [3.8, 4) is 0 Å². The van der Waals surface area contributed by atoms with Crippen molar-refractivity contribution in [2.24, 2.45) is 18.0 Å². The molecule has 1 unspecified atom stereocenters. The van der Waals surface area contributed by atoms with Crippen LogP contribution in [0, 0.1) is 11.7 Å². The second kappa shape index (κ2) is 7.51. The molecule has 0 bridgehead atoms. The van der Waals surface area contributed by atoms with Gasteiger partial charge in [0.2, 0.25) is 0 Å². The number of sulfonamides is 1. The molecular weight excluding hydrogens is 421 g/mol. The number of piperidine rings is 1. The summed E-state index contributed by atoms with van der Waals surface area (Å²) in [5.41, 5.74) is 0.795. The molecule has 3 aromatic rings. The summed E-state index contributed by atoms with van der Waals surface area (Å²) in [5.74, 6) is -1.16. The molecule has 0 N–H and O–H groups in total. The Morgan fingerprint density at radius 1 is 1.32 bits per heavy atom. The van der Waals surface area contributed by atoms with Crippen LogP contribution in [0.3, 0.4) is 0 Å². The van der Waals surface area contributed by atoms with Gasteiger partial charge in [0.25, 0.3) is 15.9 Å². The largest absolute Gasteiger partial charge is 0.319 e. The minimum atomic E-state index is -3.58. The summed E-state index contributed by atoms with van der Waals surface area (Å²) in [6, 6.07) is 7.71. The third-order valence-corrected chi connectivity index (χ3v) is 9.13. The van der Waals surface area contributed by atoms with Crippen LogP contribution >= 0.6 is 22.7 Å². The zero-order valence-corrected chi connectivity index (χ0v) is 17.5. The molecule has 6 nitrogen and oxygen atoms in total. The van der Waals surface area contributed by atoms with Gasteiger partial charge in [0.1, 0.15) is 10.0 Å². The fourth-order valence-corrected chi connectivity index (χ4v) is 7.02. The topological polar surface area (TPSA) is 71.7 Å². The lowest BCUT2D eigenvalue weighted by Crippen LogP contribution is -2.42. The van der Waals surface area contributed by atoms with Gasteiger partial charge < -0.3 is 4.57 Å². The van der Waals surface area contributed by atoms with E-state index in [4.69, 9.17) is 0 Å². The summed E-state index contributed by atoms with van der Waals surface area (Å²) in [6.07, 6.45) is 1.21. The molecule has 148 valence electrons. The first-order valence-electron chi connectivity index (χ1n) is 8.73. The average molecular weight is 440 g/mol. The standard InChI is InChI=1S/C18H18FN3O3S3/c1-21-14-7-6-13(19)10-15(14)27-18(21)20-17(23)12-4-2-8-22(11-12)28(24,25)16-5-3-9-26-16/h3,5-7,9-10,12H,2,4,8,11H2,1H3. The number of aromatic nitrogens is 1. The van der Waals surface area contributed by atoms with Gasteiger partial charge in [0.05, 0.1) is 16.1 Å². The molecule has 0 aliphatic carbocycles. The van der Waals surface area contributed by atoms with E-state index in [2.05, 4.69) is 4.99 Å². The van der Waals surface area contributed by atoms with Crippen molar-refractivity contribution in [3.63, 3.8) is 0 Å². The Bertz CT molecular complexity index is 1200. The summed E-state index contributed by atoms with van der Waals surface area (Å²) < 4.78 is 43.0. The van der Waals surface area contributed by atoms with E-state index in [9.17, 15) is 17.6 Å². The zero-order chi connectivity index (χ0) is 19.9. The number of fused-ring (bicyclic) bond motifs is 1. The SMILES string of the molecule is Cn1c(=NC(=O)C2CCCN(S(=O)(=O)c3cccs3)C2)sc2cc(F)ccc21. The van der Waals surface area contributed by atoms with Crippen molar-refractivity contribution in [1.29, 1.82) is 0 Å². The van der Waals surface area contributed by atoms with Crippen molar-refractivity contribution in [1.82, 2.24) is 8.87 Å². The van der Waals surface area contributed by atoms with Crippen molar-refractivity contribution < 1.29 is 17.6 Å². The Hall–Kier alpha value is -1.88. The summed E-state index contributed by atoms with van der Waals surface area (Å²) in [4.78, 5) is 17.5. The van der Waals surface area contributed by atoms with Crippen LogP contribution in [-0.2, 0) is 21.9 Å². The lowest BCUT2D eigenvalue weighted by molar-refractivity contribution is -0.122. The Morgan fingerprint density at radius 2 is 2.14 bits per heavy atom. The van der Waals surface area contributed by atoms with Crippen molar-refractivity contribution in [2.75, 3.05) is 13.1 Å². The maximum atomic E-state index is 13.4.